The predicted octanol–water partition coefficient (Wildman–Crippen LogP) is 3.62. The van der Waals surface area contributed by atoms with Gasteiger partial charge in [-0.1, -0.05) is 43.3 Å². The monoisotopic (exact) mass is 286 g/mol. The SMILES string of the molecule is C=C(Cc1ccccc1)C(=O)OC1(C(C)=O)CCCCC1. The van der Waals surface area contributed by atoms with Gasteiger partial charge in [0.25, 0.3) is 0 Å². The van der Waals surface area contributed by atoms with Crippen LogP contribution in [0.2, 0.25) is 0 Å². The van der Waals surface area contributed by atoms with E-state index in [0.717, 1.165) is 24.8 Å². The second-order valence-corrected chi connectivity index (χ2v) is 5.77. The predicted molar refractivity (Wildman–Crippen MR) is 81.9 cm³/mol. The van der Waals surface area contributed by atoms with E-state index in [9.17, 15) is 9.59 Å². The molecule has 0 unspecified atom stereocenters. The van der Waals surface area contributed by atoms with E-state index in [2.05, 4.69) is 6.58 Å². The van der Waals surface area contributed by atoms with Gasteiger partial charge < -0.3 is 4.74 Å². The Morgan fingerprint density at radius 1 is 1.14 bits per heavy atom. The van der Waals surface area contributed by atoms with Crippen molar-refractivity contribution in [2.45, 2.75) is 51.0 Å². The molecule has 1 aromatic carbocycles. The molecule has 1 aliphatic carbocycles. The van der Waals surface area contributed by atoms with Gasteiger partial charge >= 0.3 is 5.97 Å². The zero-order chi connectivity index (χ0) is 15.3. The van der Waals surface area contributed by atoms with Crippen LogP contribution in [-0.4, -0.2) is 17.4 Å². The lowest BCUT2D eigenvalue weighted by atomic mass is 9.82. The Morgan fingerprint density at radius 3 is 2.33 bits per heavy atom. The third-order valence-electron chi connectivity index (χ3n) is 4.14. The van der Waals surface area contributed by atoms with Crippen LogP contribution in [0.4, 0.5) is 0 Å². The molecule has 21 heavy (non-hydrogen) atoms. The molecule has 0 saturated heterocycles. The van der Waals surface area contributed by atoms with Crippen molar-refractivity contribution in [3.05, 3.63) is 48.0 Å². The summed E-state index contributed by atoms with van der Waals surface area (Å²) >= 11 is 0. The molecule has 1 aliphatic rings. The van der Waals surface area contributed by atoms with Gasteiger partial charge in [-0.15, -0.1) is 0 Å². The Balaban J connectivity index is 2.02. The Kier molecular flexibility index (Phi) is 4.94. The van der Waals surface area contributed by atoms with Gasteiger partial charge in [0.1, 0.15) is 0 Å². The van der Waals surface area contributed by atoms with E-state index in [1.807, 2.05) is 30.3 Å². The lowest BCUT2D eigenvalue weighted by Crippen LogP contribution is -2.44. The largest absolute Gasteiger partial charge is 0.448 e. The molecule has 3 heteroatoms. The lowest BCUT2D eigenvalue weighted by molar-refractivity contribution is -0.166. The first-order valence-corrected chi connectivity index (χ1v) is 7.49. The Hall–Kier alpha value is -1.90. The summed E-state index contributed by atoms with van der Waals surface area (Å²) in [6.07, 6.45) is 4.67. The minimum Gasteiger partial charge on any atom is -0.448 e. The summed E-state index contributed by atoms with van der Waals surface area (Å²) in [4.78, 5) is 24.2. The third-order valence-corrected chi connectivity index (χ3v) is 4.14. The molecule has 0 N–H and O–H groups in total. The first kappa shape index (κ1) is 15.5. The maximum Gasteiger partial charge on any atom is 0.334 e. The van der Waals surface area contributed by atoms with Gasteiger partial charge in [-0.2, -0.15) is 0 Å². The van der Waals surface area contributed by atoms with Gasteiger partial charge in [0.2, 0.25) is 0 Å². The first-order chi connectivity index (χ1) is 10.0. The second-order valence-electron chi connectivity index (χ2n) is 5.77. The number of ether oxygens (including phenoxy) is 1. The Morgan fingerprint density at radius 2 is 1.76 bits per heavy atom. The standard InChI is InChI=1S/C18H22O3/c1-14(13-16-9-5-3-6-10-16)17(20)21-18(15(2)19)11-7-4-8-12-18/h3,5-6,9-10H,1,4,7-8,11-13H2,2H3. The summed E-state index contributed by atoms with van der Waals surface area (Å²) in [5.74, 6) is -0.501. The molecule has 0 bridgehead atoms. The minimum absolute atomic E-state index is 0.0527. The van der Waals surface area contributed by atoms with Gasteiger partial charge in [0.15, 0.2) is 11.4 Å². The van der Waals surface area contributed by atoms with Crippen molar-refractivity contribution in [1.29, 1.82) is 0 Å². The van der Waals surface area contributed by atoms with E-state index < -0.39 is 11.6 Å². The first-order valence-electron chi connectivity index (χ1n) is 7.49. The van der Waals surface area contributed by atoms with Crippen LogP contribution in [0, 0.1) is 0 Å². The van der Waals surface area contributed by atoms with Crippen LogP contribution in [0.5, 0.6) is 0 Å². The van der Waals surface area contributed by atoms with E-state index >= 15 is 0 Å². The number of carbonyl (C=O) groups is 2. The quantitative estimate of drug-likeness (QED) is 0.613. The summed E-state index contributed by atoms with van der Waals surface area (Å²) in [5, 5.41) is 0. The summed E-state index contributed by atoms with van der Waals surface area (Å²) in [6, 6.07) is 9.66. The molecule has 0 heterocycles. The molecule has 3 nitrogen and oxygen atoms in total. The molecular weight excluding hydrogens is 264 g/mol. The Labute approximate surface area is 126 Å². The second kappa shape index (κ2) is 6.70. The number of esters is 1. The number of hydrogen-bond donors (Lipinski definition) is 0. The van der Waals surface area contributed by atoms with Crippen LogP contribution in [0.1, 0.15) is 44.6 Å². The van der Waals surface area contributed by atoms with Crippen LogP contribution in [0.15, 0.2) is 42.5 Å². The van der Waals surface area contributed by atoms with E-state index in [4.69, 9.17) is 4.74 Å². The highest BCUT2D eigenvalue weighted by Crippen LogP contribution is 2.33. The highest BCUT2D eigenvalue weighted by Gasteiger charge is 2.40. The molecule has 0 aliphatic heterocycles. The van der Waals surface area contributed by atoms with Gasteiger partial charge in [-0.05, 0) is 38.2 Å². The molecule has 2 rings (SSSR count). The van der Waals surface area contributed by atoms with E-state index in [0.29, 0.717) is 24.8 Å². The molecule has 0 aromatic heterocycles. The van der Waals surface area contributed by atoms with Crippen LogP contribution in [-0.2, 0) is 20.7 Å². The van der Waals surface area contributed by atoms with Crippen LogP contribution < -0.4 is 0 Å². The molecule has 0 amide bonds. The number of ketones is 1. The van der Waals surface area contributed by atoms with Crippen molar-refractivity contribution in [3.63, 3.8) is 0 Å². The number of Topliss-reactive ketones (excluding diaryl/α,β-unsaturated/α-hetero) is 1. The van der Waals surface area contributed by atoms with Crippen molar-refractivity contribution < 1.29 is 14.3 Å². The van der Waals surface area contributed by atoms with Gasteiger partial charge in [0.05, 0.1) is 0 Å². The van der Waals surface area contributed by atoms with Crippen molar-refractivity contribution in [3.8, 4) is 0 Å². The summed E-state index contributed by atoms with van der Waals surface area (Å²) in [7, 11) is 0. The summed E-state index contributed by atoms with van der Waals surface area (Å²) in [6.45, 7) is 5.33. The highest BCUT2D eigenvalue weighted by molar-refractivity contribution is 5.93. The number of benzene rings is 1. The molecule has 112 valence electrons. The number of hydrogen-bond acceptors (Lipinski definition) is 3. The molecule has 0 atom stereocenters. The third kappa shape index (κ3) is 3.81. The normalized spacial score (nSPS) is 17.0. The zero-order valence-corrected chi connectivity index (χ0v) is 12.6. The molecule has 1 fully saturated rings. The maximum absolute atomic E-state index is 12.3. The van der Waals surface area contributed by atoms with Crippen molar-refractivity contribution in [1.82, 2.24) is 0 Å². The lowest BCUT2D eigenvalue weighted by Gasteiger charge is -2.34. The average molecular weight is 286 g/mol. The van der Waals surface area contributed by atoms with Crippen LogP contribution in [0.3, 0.4) is 0 Å². The average Bonchev–Trinajstić information content (AvgIpc) is 2.49. The highest BCUT2D eigenvalue weighted by atomic mass is 16.6. The molecule has 0 spiro atoms. The van der Waals surface area contributed by atoms with Crippen molar-refractivity contribution in [2.75, 3.05) is 0 Å². The van der Waals surface area contributed by atoms with Gasteiger partial charge in [-0.25, -0.2) is 4.79 Å². The summed E-state index contributed by atoms with van der Waals surface area (Å²) < 4.78 is 5.59. The fourth-order valence-corrected chi connectivity index (χ4v) is 2.81. The molecule has 0 radical (unpaired) electrons. The van der Waals surface area contributed by atoms with Crippen LogP contribution in [0.25, 0.3) is 0 Å². The Bertz CT molecular complexity index is 525. The van der Waals surface area contributed by atoms with Crippen molar-refractivity contribution >= 4 is 11.8 Å². The summed E-state index contributed by atoms with van der Waals surface area (Å²) in [5.41, 5.74) is 0.488. The van der Waals surface area contributed by atoms with Crippen LogP contribution >= 0.6 is 0 Å². The van der Waals surface area contributed by atoms with E-state index in [1.165, 1.54) is 6.92 Å². The smallest absolute Gasteiger partial charge is 0.334 e. The zero-order valence-electron chi connectivity index (χ0n) is 12.6. The minimum atomic E-state index is -0.922. The fraction of sp³-hybridized carbons (Fsp3) is 0.444. The number of rotatable bonds is 5. The van der Waals surface area contributed by atoms with E-state index in [-0.39, 0.29) is 5.78 Å². The molecule has 1 saturated carbocycles. The van der Waals surface area contributed by atoms with Crippen molar-refractivity contribution in [2.24, 2.45) is 0 Å². The fourth-order valence-electron chi connectivity index (χ4n) is 2.81. The molecule has 1 aromatic rings. The molecular formula is C18H22O3. The maximum atomic E-state index is 12.3. The van der Waals surface area contributed by atoms with Gasteiger partial charge in [-0.3, -0.25) is 4.79 Å². The number of carbonyl (C=O) groups excluding carboxylic acids is 2. The van der Waals surface area contributed by atoms with E-state index in [1.54, 1.807) is 0 Å². The van der Waals surface area contributed by atoms with Gasteiger partial charge in [0, 0.05) is 12.0 Å². The topological polar surface area (TPSA) is 43.4 Å².